The molecule has 1 unspecified atom stereocenters. The highest BCUT2D eigenvalue weighted by Crippen LogP contribution is 2.21. The van der Waals surface area contributed by atoms with Gasteiger partial charge in [0, 0.05) is 11.8 Å². The van der Waals surface area contributed by atoms with Gasteiger partial charge in [-0.05, 0) is 18.9 Å². The molecule has 0 fully saturated rings. The third kappa shape index (κ3) is 4.19. The van der Waals surface area contributed by atoms with Gasteiger partial charge < -0.3 is 9.84 Å². The van der Waals surface area contributed by atoms with Gasteiger partial charge in [0.25, 0.3) is 0 Å². The summed E-state index contributed by atoms with van der Waals surface area (Å²) in [6.07, 6.45) is 6.86. The lowest BCUT2D eigenvalue weighted by Crippen LogP contribution is -2.00. The van der Waals surface area contributed by atoms with Crippen molar-refractivity contribution in [3.8, 4) is 5.75 Å². The van der Waals surface area contributed by atoms with Crippen LogP contribution in [0.15, 0.2) is 18.5 Å². The fraction of sp³-hybridized carbons (Fsp3) is 0.615. The molecule has 1 N–H and O–H groups in total. The number of unbranched alkanes of at least 4 members (excludes halogenated alkanes) is 1. The summed E-state index contributed by atoms with van der Waals surface area (Å²) < 4.78 is 5.48. The van der Waals surface area contributed by atoms with Gasteiger partial charge in [-0.3, -0.25) is 4.98 Å². The van der Waals surface area contributed by atoms with Crippen LogP contribution in [0.25, 0.3) is 0 Å². The van der Waals surface area contributed by atoms with Gasteiger partial charge in [0.15, 0.2) is 0 Å². The molecular weight excluding hydrogens is 202 g/mol. The number of aliphatic hydroxyl groups is 1. The largest absolute Gasteiger partial charge is 0.492 e. The lowest BCUT2D eigenvalue weighted by molar-refractivity contribution is 0.163. The Hall–Kier alpha value is -1.09. The van der Waals surface area contributed by atoms with E-state index < -0.39 is 6.10 Å². The molecular formula is C13H21NO2. The molecule has 1 rings (SSSR count). The smallest absolute Gasteiger partial charge is 0.137 e. The van der Waals surface area contributed by atoms with Crippen LogP contribution < -0.4 is 4.74 Å². The molecule has 1 aromatic heterocycles. The van der Waals surface area contributed by atoms with Crippen LogP contribution in [0.1, 0.15) is 51.2 Å². The lowest BCUT2D eigenvalue weighted by Gasteiger charge is -2.11. The first-order valence-electron chi connectivity index (χ1n) is 6.03. The van der Waals surface area contributed by atoms with Crippen LogP contribution in [0.2, 0.25) is 0 Å². The summed E-state index contributed by atoms with van der Waals surface area (Å²) in [5.74, 6) is 0.745. The molecule has 3 heteroatoms. The molecule has 0 spiro atoms. The molecule has 0 radical (unpaired) electrons. The average molecular weight is 223 g/mol. The minimum absolute atomic E-state index is 0.419. The Morgan fingerprint density at radius 2 is 2.12 bits per heavy atom. The van der Waals surface area contributed by atoms with Crippen LogP contribution in [0.4, 0.5) is 0 Å². The number of aromatic nitrogens is 1. The minimum atomic E-state index is -0.419. The molecule has 1 aromatic rings. The summed E-state index contributed by atoms with van der Waals surface area (Å²) in [5, 5.41) is 9.91. The quantitative estimate of drug-likeness (QED) is 0.772. The van der Waals surface area contributed by atoms with Crippen molar-refractivity contribution in [2.24, 2.45) is 0 Å². The molecule has 0 saturated heterocycles. The van der Waals surface area contributed by atoms with E-state index in [1.807, 2.05) is 6.07 Å². The number of rotatable bonds is 7. The van der Waals surface area contributed by atoms with Crippen molar-refractivity contribution < 1.29 is 9.84 Å². The van der Waals surface area contributed by atoms with Gasteiger partial charge in [0.05, 0.1) is 18.9 Å². The third-order valence-electron chi connectivity index (χ3n) is 2.42. The van der Waals surface area contributed by atoms with Gasteiger partial charge in [-0.25, -0.2) is 0 Å². The molecule has 0 bridgehead atoms. The van der Waals surface area contributed by atoms with Gasteiger partial charge in [-0.1, -0.05) is 26.7 Å². The Morgan fingerprint density at radius 3 is 2.81 bits per heavy atom. The standard InChI is InChI=1S/C13H21NO2/c1-3-5-6-13(15)11-8-12(10-14-9-11)16-7-4-2/h8-10,13,15H,3-7H2,1-2H3. The summed E-state index contributed by atoms with van der Waals surface area (Å²) in [7, 11) is 0. The molecule has 3 nitrogen and oxygen atoms in total. The Balaban J connectivity index is 2.58. The van der Waals surface area contributed by atoms with Crippen LogP contribution in [-0.4, -0.2) is 16.7 Å². The number of nitrogens with zero attached hydrogens (tertiary/aromatic N) is 1. The van der Waals surface area contributed by atoms with E-state index >= 15 is 0 Å². The van der Waals surface area contributed by atoms with E-state index in [0.29, 0.717) is 6.61 Å². The molecule has 1 atom stereocenters. The Labute approximate surface area is 97.5 Å². The third-order valence-corrected chi connectivity index (χ3v) is 2.42. The second kappa shape index (κ2) is 7.23. The Bertz CT molecular complexity index is 302. The van der Waals surface area contributed by atoms with Gasteiger partial charge >= 0.3 is 0 Å². The summed E-state index contributed by atoms with van der Waals surface area (Å²) in [6, 6.07) is 1.88. The zero-order valence-corrected chi connectivity index (χ0v) is 10.1. The zero-order valence-electron chi connectivity index (χ0n) is 10.1. The predicted molar refractivity (Wildman–Crippen MR) is 64.5 cm³/mol. The number of pyridine rings is 1. The molecule has 0 aromatic carbocycles. The number of hydrogen-bond donors (Lipinski definition) is 1. The molecule has 0 aliphatic heterocycles. The minimum Gasteiger partial charge on any atom is -0.492 e. The first-order valence-corrected chi connectivity index (χ1v) is 6.03. The number of hydrogen-bond acceptors (Lipinski definition) is 3. The molecule has 1 heterocycles. The fourth-order valence-corrected chi connectivity index (χ4v) is 1.48. The van der Waals surface area contributed by atoms with E-state index in [9.17, 15) is 5.11 Å². The Morgan fingerprint density at radius 1 is 1.31 bits per heavy atom. The summed E-state index contributed by atoms with van der Waals surface area (Å²) in [5.41, 5.74) is 0.849. The van der Waals surface area contributed by atoms with E-state index in [-0.39, 0.29) is 0 Å². The monoisotopic (exact) mass is 223 g/mol. The second-order valence-electron chi connectivity index (χ2n) is 3.96. The highest BCUT2D eigenvalue weighted by Gasteiger charge is 2.08. The predicted octanol–water partition coefficient (Wildman–Crippen LogP) is 3.09. The van der Waals surface area contributed by atoms with Crippen molar-refractivity contribution in [1.29, 1.82) is 0 Å². The maximum absolute atomic E-state index is 9.91. The number of aliphatic hydroxyl groups excluding tert-OH is 1. The van der Waals surface area contributed by atoms with Gasteiger partial charge in [0.2, 0.25) is 0 Å². The molecule has 0 aliphatic carbocycles. The van der Waals surface area contributed by atoms with Crippen LogP contribution in [0, 0.1) is 0 Å². The van der Waals surface area contributed by atoms with Gasteiger partial charge in [-0.15, -0.1) is 0 Å². The lowest BCUT2D eigenvalue weighted by atomic mass is 10.1. The molecule has 0 saturated carbocycles. The molecule has 16 heavy (non-hydrogen) atoms. The van der Waals surface area contributed by atoms with Crippen molar-refractivity contribution >= 4 is 0 Å². The summed E-state index contributed by atoms with van der Waals surface area (Å²) >= 11 is 0. The second-order valence-corrected chi connectivity index (χ2v) is 3.96. The van der Waals surface area contributed by atoms with E-state index in [0.717, 1.165) is 37.0 Å². The van der Waals surface area contributed by atoms with E-state index in [2.05, 4.69) is 18.8 Å². The van der Waals surface area contributed by atoms with E-state index in [1.54, 1.807) is 12.4 Å². The topological polar surface area (TPSA) is 42.4 Å². The summed E-state index contributed by atoms with van der Waals surface area (Å²) in [6.45, 7) is 4.87. The Kier molecular flexibility index (Phi) is 5.86. The van der Waals surface area contributed by atoms with Gasteiger partial charge in [0.1, 0.15) is 5.75 Å². The first-order chi connectivity index (χ1) is 7.77. The summed E-state index contributed by atoms with van der Waals surface area (Å²) in [4.78, 5) is 4.08. The maximum atomic E-state index is 9.91. The SMILES string of the molecule is CCCCC(O)c1cncc(OCCC)c1. The van der Waals surface area contributed by atoms with E-state index in [1.165, 1.54) is 0 Å². The zero-order chi connectivity index (χ0) is 11.8. The van der Waals surface area contributed by atoms with Crippen molar-refractivity contribution in [1.82, 2.24) is 4.98 Å². The highest BCUT2D eigenvalue weighted by atomic mass is 16.5. The highest BCUT2D eigenvalue weighted by molar-refractivity contribution is 5.25. The maximum Gasteiger partial charge on any atom is 0.137 e. The van der Waals surface area contributed by atoms with Crippen LogP contribution in [-0.2, 0) is 0 Å². The molecule has 0 amide bonds. The van der Waals surface area contributed by atoms with Crippen molar-refractivity contribution in [2.45, 2.75) is 45.6 Å². The number of ether oxygens (including phenoxy) is 1. The van der Waals surface area contributed by atoms with Crippen molar-refractivity contribution in [2.75, 3.05) is 6.61 Å². The first kappa shape index (κ1) is 13.0. The van der Waals surface area contributed by atoms with Crippen LogP contribution in [0.5, 0.6) is 5.75 Å². The normalized spacial score (nSPS) is 12.4. The van der Waals surface area contributed by atoms with E-state index in [4.69, 9.17) is 4.74 Å². The molecule has 0 aliphatic rings. The van der Waals surface area contributed by atoms with Crippen molar-refractivity contribution in [3.05, 3.63) is 24.0 Å². The fourth-order valence-electron chi connectivity index (χ4n) is 1.48. The van der Waals surface area contributed by atoms with Crippen LogP contribution >= 0.6 is 0 Å². The van der Waals surface area contributed by atoms with Gasteiger partial charge in [-0.2, -0.15) is 0 Å². The average Bonchev–Trinajstić information content (AvgIpc) is 2.33. The molecule has 90 valence electrons. The van der Waals surface area contributed by atoms with Crippen molar-refractivity contribution in [3.63, 3.8) is 0 Å². The van der Waals surface area contributed by atoms with Crippen LogP contribution in [0.3, 0.4) is 0 Å².